The predicted molar refractivity (Wildman–Crippen MR) is 166 cm³/mol. The summed E-state index contributed by atoms with van der Waals surface area (Å²) in [6.45, 7) is 12.4. The van der Waals surface area contributed by atoms with Crippen LogP contribution in [0.25, 0.3) is 16.5 Å². The van der Waals surface area contributed by atoms with E-state index in [4.69, 9.17) is 10.5 Å². The van der Waals surface area contributed by atoms with Crippen molar-refractivity contribution in [2.45, 2.75) is 33.2 Å². The van der Waals surface area contributed by atoms with Crippen molar-refractivity contribution in [3.63, 3.8) is 0 Å². The van der Waals surface area contributed by atoms with E-state index in [1.54, 1.807) is 13.3 Å². The molecule has 0 bridgehead atoms. The zero-order valence-corrected chi connectivity index (χ0v) is 23.7. The van der Waals surface area contributed by atoms with Gasteiger partial charge >= 0.3 is 0 Å². The van der Waals surface area contributed by atoms with Crippen LogP contribution < -0.4 is 10.5 Å². The number of methoxy groups -OCH3 is 1. The van der Waals surface area contributed by atoms with Gasteiger partial charge in [0.25, 0.3) is 0 Å². The third kappa shape index (κ3) is 7.21. The van der Waals surface area contributed by atoms with Gasteiger partial charge in [-0.05, 0) is 52.8 Å². The minimum atomic E-state index is 0.441. The van der Waals surface area contributed by atoms with E-state index < -0.39 is 0 Å². The zero-order chi connectivity index (χ0) is 27.6. The number of hydrogen-bond acceptors (Lipinski definition) is 4. The van der Waals surface area contributed by atoms with Crippen LogP contribution in [-0.2, 0) is 6.54 Å². The van der Waals surface area contributed by atoms with Gasteiger partial charge in [-0.2, -0.15) is 0 Å². The minimum absolute atomic E-state index is 0.441. The summed E-state index contributed by atoms with van der Waals surface area (Å²) in [6, 6.07) is 23.4. The number of para-hydroxylation sites is 1. The number of ether oxygens (including phenoxy) is 1. The van der Waals surface area contributed by atoms with Gasteiger partial charge in [0.1, 0.15) is 5.75 Å². The normalized spacial score (nSPS) is 17.1. The van der Waals surface area contributed by atoms with E-state index in [2.05, 4.69) is 103 Å². The minimum Gasteiger partial charge on any atom is -0.496 e. The molecule has 4 heteroatoms. The Kier molecular flexibility index (Phi) is 10.0. The molecule has 1 aliphatic rings. The fourth-order valence-electron chi connectivity index (χ4n) is 5.32. The first-order valence-electron chi connectivity index (χ1n) is 14.1. The van der Waals surface area contributed by atoms with E-state index in [1.807, 2.05) is 18.2 Å². The summed E-state index contributed by atoms with van der Waals surface area (Å²) in [4.78, 5) is 4.82. The lowest BCUT2D eigenvalue weighted by molar-refractivity contribution is 0.225. The summed E-state index contributed by atoms with van der Waals surface area (Å²) in [5, 5.41) is 2.54. The van der Waals surface area contributed by atoms with Crippen molar-refractivity contribution in [2.75, 3.05) is 26.7 Å². The molecule has 0 saturated carbocycles. The van der Waals surface area contributed by atoms with Crippen molar-refractivity contribution in [3.05, 3.63) is 121 Å². The Balaban J connectivity index is 1.63. The van der Waals surface area contributed by atoms with E-state index in [0.717, 1.165) is 61.7 Å². The average molecular weight is 522 g/mol. The number of nitrogens with two attached hydrogens (primary N) is 1. The van der Waals surface area contributed by atoms with E-state index in [9.17, 15) is 0 Å². The van der Waals surface area contributed by atoms with Crippen molar-refractivity contribution in [2.24, 2.45) is 17.6 Å². The van der Waals surface area contributed by atoms with Crippen LogP contribution >= 0.6 is 0 Å². The van der Waals surface area contributed by atoms with Crippen molar-refractivity contribution in [1.29, 1.82) is 0 Å². The molecule has 4 rings (SSSR count). The van der Waals surface area contributed by atoms with Crippen molar-refractivity contribution >= 4 is 16.5 Å². The van der Waals surface area contributed by atoms with Gasteiger partial charge in [-0.25, -0.2) is 0 Å². The number of nitrogens with zero attached hydrogens (tertiary/aromatic N) is 2. The monoisotopic (exact) mass is 521 g/mol. The predicted octanol–water partition coefficient (Wildman–Crippen LogP) is 7.60. The summed E-state index contributed by atoms with van der Waals surface area (Å²) < 4.78 is 5.68. The van der Waals surface area contributed by atoms with Gasteiger partial charge in [-0.15, -0.1) is 0 Å². The summed E-state index contributed by atoms with van der Waals surface area (Å²) in [6.07, 6.45) is 12.9. The number of allylic oxidation sites excluding steroid dienone is 3. The summed E-state index contributed by atoms with van der Waals surface area (Å²) in [5.41, 5.74) is 10.6. The van der Waals surface area contributed by atoms with Gasteiger partial charge in [-0.3, -0.25) is 4.90 Å². The van der Waals surface area contributed by atoms with Gasteiger partial charge in [0.2, 0.25) is 0 Å². The molecule has 3 aromatic rings. The lowest BCUT2D eigenvalue weighted by Crippen LogP contribution is -2.37. The number of benzene rings is 3. The largest absolute Gasteiger partial charge is 0.496 e. The summed E-state index contributed by atoms with van der Waals surface area (Å²) >= 11 is 0. The number of rotatable bonds is 13. The highest BCUT2D eigenvalue weighted by atomic mass is 16.5. The molecule has 0 saturated heterocycles. The molecular weight excluding hydrogens is 478 g/mol. The molecule has 0 spiro atoms. The first-order valence-corrected chi connectivity index (χ1v) is 14.1. The van der Waals surface area contributed by atoms with Gasteiger partial charge < -0.3 is 15.4 Å². The van der Waals surface area contributed by atoms with Crippen molar-refractivity contribution in [1.82, 2.24) is 9.80 Å². The standard InChI is InChI=1S/C35H43N3O/c1-5-6-21-38(28(3)34-17-11-12-18-35(34)39-4)33(23-36)26-37(25-32-16-8-7-13-27(32)2)24-29-19-20-30-14-9-10-15-31(30)22-29/h7-20,22-23,27,32H,3,5-6,21,24-26,36H2,1-2,4H3/b33-23-. The summed E-state index contributed by atoms with van der Waals surface area (Å²) in [5.74, 6) is 1.75. The fourth-order valence-corrected chi connectivity index (χ4v) is 5.32. The van der Waals surface area contributed by atoms with Crippen LogP contribution in [0.2, 0.25) is 0 Å². The maximum Gasteiger partial charge on any atom is 0.128 e. The molecule has 204 valence electrons. The molecule has 0 aromatic heterocycles. The van der Waals surface area contributed by atoms with Crippen LogP contribution in [0, 0.1) is 11.8 Å². The molecule has 2 unspecified atom stereocenters. The number of fused-ring (bicyclic) bond motifs is 1. The van der Waals surface area contributed by atoms with Crippen LogP contribution in [0.4, 0.5) is 0 Å². The molecule has 3 aromatic carbocycles. The van der Waals surface area contributed by atoms with E-state index >= 15 is 0 Å². The smallest absolute Gasteiger partial charge is 0.128 e. The highest BCUT2D eigenvalue weighted by Gasteiger charge is 2.23. The molecule has 1 aliphatic carbocycles. The Morgan fingerprint density at radius 2 is 1.74 bits per heavy atom. The first kappa shape index (κ1) is 28.3. The maximum atomic E-state index is 6.38. The fraction of sp³-hybridized carbons (Fsp3) is 0.314. The molecular formula is C35H43N3O. The SMILES string of the molecule is C=C(c1ccccc1OC)N(CCCC)/C(=C\N)CN(Cc1ccc2ccccc2c1)CC1C=CC=CC1C. The van der Waals surface area contributed by atoms with Crippen molar-refractivity contribution < 1.29 is 4.74 Å². The topological polar surface area (TPSA) is 41.7 Å². The first-order chi connectivity index (χ1) is 19.0. The lowest BCUT2D eigenvalue weighted by atomic mass is 9.89. The van der Waals surface area contributed by atoms with E-state index in [1.165, 1.54) is 16.3 Å². The molecule has 39 heavy (non-hydrogen) atoms. The third-order valence-electron chi connectivity index (χ3n) is 7.65. The van der Waals surface area contributed by atoms with Crippen molar-refractivity contribution in [3.8, 4) is 5.75 Å². The van der Waals surface area contributed by atoms with Gasteiger partial charge in [-0.1, -0.05) is 99.7 Å². The Morgan fingerprint density at radius 1 is 1.00 bits per heavy atom. The van der Waals surface area contributed by atoms with Crippen LogP contribution in [0.15, 0.2) is 110 Å². The van der Waals surface area contributed by atoms with Gasteiger partial charge in [0.05, 0.1) is 7.11 Å². The third-order valence-corrected chi connectivity index (χ3v) is 7.65. The number of hydrogen-bond donors (Lipinski definition) is 1. The molecule has 0 heterocycles. The summed E-state index contributed by atoms with van der Waals surface area (Å²) in [7, 11) is 1.71. The molecule has 0 aliphatic heterocycles. The molecule has 0 radical (unpaired) electrons. The Labute approximate surface area is 234 Å². The second-order valence-electron chi connectivity index (χ2n) is 10.5. The molecule has 0 amide bonds. The molecule has 0 fully saturated rings. The molecule has 2 atom stereocenters. The van der Waals surface area contributed by atoms with E-state index in [-0.39, 0.29) is 0 Å². The average Bonchev–Trinajstić information content (AvgIpc) is 2.97. The quantitative estimate of drug-likeness (QED) is 0.251. The van der Waals surface area contributed by atoms with Crippen LogP contribution in [0.1, 0.15) is 37.8 Å². The van der Waals surface area contributed by atoms with Crippen LogP contribution in [0.3, 0.4) is 0 Å². The van der Waals surface area contributed by atoms with Gasteiger partial charge in [0, 0.05) is 49.3 Å². The zero-order valence-electron chi connectivity index (χ0n) is 23.7. The molecule has 2 N–H and O–H groups in total. The van der Waals surface area contributed by atoms with Gasteiger partial charge in [0.15, 0.2) is 0 Å². The lowest BCUT2D eigenvalue weighted by Gasteiger charge is -2.35. The Morgan fingerprint density at radius 3 is 2.49 bits per heavy atom. The van der Waals surface area contributed by atoms with Crippen LogP contribution in [-0.4, -0.2) is 36.5 Å². The van der Waals surface area contributed by atoms with E-state index in [0.29, 0.717) is 11.8 Å². The Bertz CT molecular complexity index is 1340. The second-order valence-corrected chi connectivity index (χ2v) is 10.5. The number of unbranched alkanes of at least 4 members (excludes halogenated alkanes) is 1. The Hall–Kier alpha value is -3.76. The van der Waals surface area contributed by atoms with Crippen LogP contribution in [0.5, 0.6) is 5.75 Å². The molecule has 4 nitrogen and oxygen atoms in total. The highest BCUT2D eigenvalue weighted by Crippen LogP contribution is 2.31. The highest BCUT2D eigenvalue weighted by molar-refractivity contribution is 5.83. The second kappa shape index (κ2) is 13.9. The maximum absolute atomic E-state index is 6.38.